The molecule has 172 valence electrons. The van der Waals surface area contributed by atoms with Gasteiger partial charge in [-0.2, -0.15) is 4.31 Å². The van der Waals surface area contributed by atoms with Crippen molar-refractivity contribution >= 4 is 49.2 Å². The Morgan fingerprint density at radius 3 is 2.47 bits per heavy atom. The van der Waals surface area contributed by atoms with E-state index in [4.69, 9.17) is 0 Å². The summed E-state index contributed by atoms with van der Waals surface area (Å²) in [4.78, 5) is 32.6. The van der Waals surface area contributed by atoms with Crippen molar-refractivity contribution in [3.63, 3.8) is 0 Å². The highest BCUT2D eigenvalue weighted by Gasteiger charge is 2.23. The molecule has 0 aliphatic carbocycles. The zero-order valence-electron chi connectivity index (χ0n) is 18.6. The number of carbonyl (C=O) groups excluding carboxylic acids is 2. The molecule has 0 aliphatic heterocycles. The molecule has 3 aromatic rings. The smallest absolute Gasteiger partial charge is 0.243 e. The largest absolute Gasteiger partial charge is 0.328 e. The standard InChI is InChI=1S/C21H27N5O4S2/c1-5-25(6-2)32(29,30)15-8-9-18-16(12-15)22-19(26(18)7-3)10-11-20(28)24-21-23-17(13-31-21)14(4)27/h8-9,12-13H,5-7,10-11H2,1-4H3,(H,23,24,28). The molecule has 32 heavy (non-hydrogen) atoms. The van der Waals surface area contributed by atoms with Crippen LogP contribution in [0.15, 0.2) is 28.5 Å². The topological polar surface area (TPSA) is 114 Å². The zero-order chi connectivity index (χ0) is 23.5. The molecular weight excluding hydrogens is 450 g/mol. The molecule has 11 heteroatoms. The van der Waals surface area contributed by atoms with Gasteiger partial charge >= 0.3 is 0 Å². The number of thiazole rings is 1. The minimum Gasteiger partial charge on any atom is -0.328 e. The number of nitrogens with zero attached hydrogens (tertiary/aromatic N) is 4. The van der Waals surface area contributed by atoms with Gasteiger partial charge < -0.3 is 9.88 Å². The first kappa shape index (κ1) is 24.0. The lowest BCUT2D eigenvalue weighted by molar-refractivity contribution is -0.116. The van der Waals surface area contributed by atoms with Crippen LogP contribution in [0.4, 0.5) is 5.13 Å². The monoisotopic (exact) mass is 477 g/mol. The first-order chi connectivity index (χ1) is 15.2. The average Bonchev–Trinajstić information content (AvgIpc) is 3.36. The molecule has 0 unspecified atom stereocenters. The van der Waals surface area contributed by atoms with Crippen LogP contribution in [0.3, 0.4) is 0 Å². The van der Waals surface area contributed by atoms with E-state index in [9.17, 15) is 18.0 Å². The Hall–Kier alpha value is -2.63. The number of hydrogen-bond acceptors (Lipinski definition) is 7. The van der Waals surface area contributed by atoms with E-state index in [2.05, 4.69) is 15.3 Å². The highest BCUT2D eigenvalue weighted by Crippen LogP contribution is 2.24. The molecule has 1 amide bonds. The van der Waals surface area contributed by atoms with Crippen LogP contribution < -0.4 is 5.32 Å². The third-order valence-corrected chi connectivity index (χ3v) is 7.95. The molecule has 0 fully saturated rings. The summed E-state index contributed by atoms with van der Waals surface area (Å²) in [5, 5.41) is 4.70. The van der Waals surface area contributed by atoms with Gasteiger partial charge in [-0.1, -0.05) is 13.8 Å². The van der Waals surface area contributed by atoms with E-state index in [1.54, 1.807) is 37.4 Å². The number of ketones is 1. The van der Waals surface area contributed by atoms with Crippen LogP contribution in [-0.4, -0.2) is 52.0 Å². The predicted octanol–water partition coefficient (Wildman–Crippen LogP) is 3.32. The lowest BCUT2D eigenvalue weighted by Crippen LogP contribution is -2.30. The van der Waals surface area contributed by atoms with Crippen LogP contribution in [0.25, 0.3) is 11.0 Å². The van der Waals surface area contributed by atoms with Gasteiger partial charge in [0.1, 0.15) is 11.5 Å². The number of anilines is 1. The SMILES string of the molecule is CCN(CC)S(=O)(=O)c1ccc2c(c1)nc(CCC(=O)Nc1nc(C(C)=O)cs1)n2CC. The van der Waals surface area contributed by atoms with E-state index < -0.39 is 10.0 Å². The van der Waals surface area contributed by atoms with E-state index in [0.29, 0.717) is 48.2 Å². The van der Waals surface area contributed by atoms with Gasteiger partial charge in [0.25, 0.3) is 0 Å². The second kappa shape index (κ2) is 9.88. The van der Waals surface area contributed by atoms with E-state index in [1.165, 1.54) is 22.6 Å². The molecule has 2 heterocycles. The molecule has 0 bridgehead atoms. The molecule has 0 spiro atoms. The fourth-order valence-corrected chi connectivity index (χ4v) is 5.72. The number of carbonyl (C=O) groups is 2. The fourth-order valence-electron chi connectivity index (χ4n) is 3.48. The van der Waals surface area contributed by atoms with Crippen molar-refractivity contribution in [3.05, 3.63) is 35.1 Å². The zero-order valence-corrected chi connectivity index (χ0v) is 20.2. The van der Waals surface area contributed by atoms with Gasteiger partial charge in [-0.25, -0.2) is 18.4 Å². The third-order valence-electron chi connectivity index (χ3n) is 5.15. The first-order valence-corrected chi connectivity index (χ1v) is 12.8. The summed E-state index contributed by atoms with van der Waals surface area (Å²) in [7, 11) is -3.58. The van der Waals surface area contributed by atoms with Gasteiger partial charge in [0.05, 0.1) is 15.9 Å². The summed E-state index contributed by atoms with van der Waals surface area (Å²) < 4.78 is 29.1. The number of aryl methyl sites for hydroxylation is 2. The van der Waals surface area contributed by atoms with E-state index in [1.807, 2.05) is 11.5 Å². The quantitative estimate of drug-likeness (QED) is 0.448. The third kappa shape index (κ3) is 4.89. The highest BCUT2D eigenvalue weighted by atomic mass is 32.2. The second-order valence-electron chi connectivity index (χ2n) is 7.15. The minimum atomic E-state index is -3.58. The average molecular weight is 478 g/mol. The minimum absolute atomic E-state index is 0.152. The van der Waals surface area contributed by atoms with E-state index in [-0.39, 0.29) is 23.0 Å². The normalized spacial score (nSPS) is 11.9. The van der Waals surface area contributed by atoms with Crippen molar-refractivity contribution < 1.29 is 18.0 Å². The summed E-state index contributed by atoms with van der Waals surface area (Å²) in [6.07, 6.45) is 0.570. The molecule has 1 N–H and O–H groups in total. The Morgan fingerprint density at radius 2 is 1.88 bits per heavy atom. The van der Waals surface area contributed by atoms with Crippen molar-refractivity contribution in [1.29, 1.82) is 0 Å². The number of sulfonamides is 1. The number of imidazole rings is 1. The molecule has 2 aromatic heterocycles. The Morgan fingerprint density at radius 1 is 1.16 bits per heavy atom. The maximum absolute atomic E-state index is 12.8. The summed E-state index contributed by atoms with van der Waals surface area (Å²) in [5.74, 6) is 0.327. The molecule has 3 rings (SSSR count). The van der Waals surface area contributed by atoms with Crippen molar-refractivity contribution in [2.75, 3.05) is 18.4 Å². The van der Waals surface area contributed by atoms with Crippen molar-refractivity contribution in [1.82, 2.24) is 18.8 Å². The highest BCUT2D eigenvalue weighted by molar-refractivity contribution is 7.89. The number of nitrogens with one attached hydrogen (secondary N) is 1. The Balaban J connectivity index is 1.79. The molecule has 1 aromatic carbocycles. The Labute approximate surface area is 191 Å². The van der Waals surface area contributed by atoms with Gasteiger partial charge in [-0.15, -0.1) is 11.3 Å². The summed E-state index contributed by atoms with van der Waals surface area (Å²) in [6.45, 7) is 8.45. The van der Waals surface area contributed by atoms with Crippen molar-refractivity contribution in [2.45, 2.75) is 52.0 Å². The molecule has 0 saturated heterocycles. The van der Waals surface area contributed by atoms with Crippen LogP contribution in [-0.2, 0) is 27.8 Å². The maximum Gasteiger partial charge on any atom is 0.243 e. The number of fused-ring (bicyclic) bond motifs is 1. The molecule has 9 nitrogen and oxygen atoms in total. The Bertz CT molecular complexity index is 1240. The van der Waals surface area contributed by atoms with Gasteiger partial charge in [-0.3, -0.25) is 9.59 Å². The molecule has 0 radical (unpaired) electrons. The van der Waals surface area contributed by atoms with Crippen molar-refractivity contribution in [2.24, 2.45) is 0 Å². The number of aromatic nitrogens is 3. The van der Waals surface area contributed by atoms with Gasteiger partial charge in [0, 0.05) is 44.8 Å². The maximum atomic E-state index is 12.8. The molecule has 0 atom stereocenters. The van der Waals surface area contributed by atoms with Gasteiger partial charge in [0.2, 0.25) is 15.9 Å². The number of hydrogen-bond donors (Lipinski definition) is 1. The van der Waals surface area contributed by atoms with Gasteiger partial charge in [-0.05, 0) is 25.1 Å². The lowest BCUT2D eigenvalue weighted by atomic mass is 10.3. The Kier molecular flexibility index (Phi) is 7.42. The molecular formula is C21H27N5O4S2. The molecule has 0 saturated carbocycles. The summed E-state index contributed by atoms with van der Waals surface area (Å²) >= 11 is 1.20. The second-order valence-corrected chi connectivity index (χ2v) is 9.95. The molecule has 0 aliphatic rings. The van der Waals surface area contributed by atoms with E-state index in [0.717, 1.165) is 5.52 Å². The van der Waals surface area contributed by atoms with Crippen LogP contribution >= 0.6 is 11.3 Å². The number of rotatable bonds is 10. The lowest BCUT2D eigenvalue weighted by Gasteiger charge is -2.18. The summed E-state index contributed by atoms with van der Waals surface area (Å²) in [6, 6.07) is 4.97. The summed E-state index contributed by atoms with van der Waals surface area (Å²) in [5.41, 5.74) is 1.74. The van der Waals surface area contributed by atoms with E-state index >= 15 is 0 Å². The van der Waals surface area contributed by atoms with Crippen molar-refractivity contribution in [3.8, 4) is 0 Å². The fraction of sp³-hybridized carbons (Fsp3) is 0.429. The van der Waals surface area contributed by atoms with Crippen LogP contribution in [0, 0.1) is 0 Å². The number of amides is 1. The first-order valence-electron chi connectivity index (χ1n) is 10.5. The van der Waals surface area contributed by atoms with Crippen LogP contribution in [0.1, 0.15) is 50.4 Å². The number of Topliss-reactive ketones (excluding diaryl/α,β-unsaturated/α-hetero) is 1. The van der Waals surface area contributed by atoms with Crippen LogP contribution in [0.2, 0.25) is 0 Å². The van der Waals surface area contributed by atoms with Crippen LogP contribution in [0.5, 0.6) is 0 Å². The predicted molar refractivity (Wildman–Crippen MR) is 125 cm³/mol. The van der Waals surface area contributed by atoms with Gasteiger partial charge in [0.15, 0.2) is 10.9 Å². The number of benzene rings is 1.